The maximum Gasteiger partial charge on any atom is 0.123 e. The third-order valence-corrected chi connectivity index (χ3v) is 3.42. The summed E-state index contributed by atoms with van der Waals surface area (Å²) in [6.07, 6.45) is 1.57. The Balaban J connectivity index is 2.01. The molecule has 0 radical (unpaired) electrons. The zero-order chi connectivity index (χ0) is 11.5. The van der Waals surface area contributed by atoms with Crippen LogP contribution in [-0.2, 0) is 0 Å². The Labute approximate surface area is 95.7 Å². The topological polar surface area (TPSA) is 23.5 Å². The lowest BCUT2D eigenvalue weighted by molar-refractivity contribution is 0.0657. The third-order valence-electron chi connectivity index (χ3n) is 3.42. The van der Waals surface area contributed by atoms with Gasteiger partial charge in [-0.1, -0.05) is 12.1 Å². The van der Waals surface area contributed by atoms with Crippen molar-refractivity contribution in [3.8, 4) is 0 Å². The molecule has 1 aliphatic rings. The number of rotatable bonds is 2. The highest BCUT2D eigenvalue weighted by molar-refractivity contribution is 5.19. The average molecular weight is 223 g/mol. The molecule has 0 amide bonds. The second-order valence-corrected chi connectivity index (χ2v) is 4.64. The number of likely N-dealkylation sites (tertiary alicyclic amines) is 1. The summed E-state index contributed by atoms with van der Waals surface area (Å²) >= 11 is 0. The van der Waals surface area contributed by atoms with Crippen molar-refractivity contribution in [1.29, 1.82) is 0 Å². The van der Waals surface area contributed by atoms with Crippen molar-refractivity contribution >= 4 is 0 Å². The van der Waals surface area contributed by atoms with E-state index in [1.165, 1.54) is 12.1 Å². The minimum absolute atomic E-state index is 0.251. The van der Waals surface area contributed by atoms with Crippen molar-refractivity contribution in [3.63, 3.8) is 0 Å². The summed E-state index contributed by atoms with van der Waals surface area (Å²) in [6, 6.07) is 6.18. The van der Waals surface area contributed by atoms with Gasteiger partial charge in [0.1, 0.15) is 5.82 Å². The molecular weight excluding hydrogens is 205 g/mol. The van der Waals surface area contributed by atoms with Crippen LogP contribution in [0.25, 0.3) is 0 Å². The van der Waals surface area contributed by atoms with Crippen molar-refractivity contribution < 1.29 is 9.50 Å². The van der Waals surface area contributed by atoms with Gasteiger partial charge in [0.2, 0.25) is 0 Å². The van der Waals surface area contributed by atoms with Crippen LogP contribution >= 0.6 is 0 Å². The van der Waals surface area contributed by atoms with E-state index in [2.05, 4.69) is 11.9 Å². The molecule has 0 saturated carbocycles. The number of aliphatic hydroxyl groups is 1. The Bertz CT molecular complexity index is 330. The Hall–Kier alpha value is -0.930. The second kappa shape index (κ2) is 4.93. The standard InChI is InChI=1S/C13H18FNO/c1-15-8-6-11(7-9-15)13(16)10-2-4-12(14)5-3-10/h2-5,11,13,16H,6-9H2,1H3/t13-/m1/s1. The molecule has 1 heterocycles. The Morgan fingerprint density at radius 3 is 2.38 bits per heavy atom. The number of aliphatic hydroxyl groups excluding tert-OH is 1. The smallest absolute Gasteiger partial charge is 0.123 e. The molecule has 3 heteroatoms. The highest BCUT2D eigenvalue weighted by Gasteiger charge is 2.24. The quantitative estimate of drug-likeness (QED) is 0.831. The van der Waals surface area contributed by atoms with Crippen LogP contribution in [0.3, 0.4) is 0 Å². The predicted molar refractivity (Wildman–Crippen MR) is 61.6 cm³/mol. The van der Waals surface area contributed by atoms with Crippen molar-refractivity contribution in [3.05, 3.63) is 35.6 Å². The fourth-order valence-electron chi connectivity index (χ4n) is 2.28. The van der Waals surface area contributed by atoms with Crippen LogP contribution in [0.1, 0.15) is 24.5 Å². The molecule has 2 nitrogen and oxygen atoms in total. The van der Waals surface area contributed by atoms with E-state index >= 15 is 0 Å². The SMILES string of the molecule is CN1CCC([C@H](O)c2ccc(F)cc2)CC1. The zero-order valence-electron chi connectivity index (χ0n) is 9.56. The minimum atomic E-state index is -0.450. The van der Waals surface area contributed by atoms with E-state index in [0.29, 0.717) is 5.92 Å². The molecule has 0 spiro atoms. The lowest BCUT2D eigenvalue weighted by Crippen LogP contribution is -2.32. The van der Waals surface area contributed by atoms with Crippen LogP contribution in [0.2, 0.25) is 0 Å². The van der Waals surface area contributed by atoms with E-state index in [9.17, 15) is 9.50 Å². The molecule has 16 heavy (non-hydrogen) atoms. The highest BCUT2D eigenvalue weighted by atomic mass is 19.1. The highest BCUT2D eigenvalue weighted by Crippen LogP contribution is 2.30. The van der Waals surface area contributed by atoms with E-state index in [-0.39, 0.29) is 5.82 Å². The van der Waals surface area contributed by atoms with E-state index in [4.69, 9.17) is 0 Å². The lowest BCUT2D eigenvalue weighted by Gasteiger charge is -2.32. The molecule has 0 aliphatic carbocycles. The van der Waals surface area contributed by atoms with Gasteiger partial charge in [-0.05, 0) is 56.6 Å². The molecule has 1 atom stereocenters. The lowest BCUT2D eigenvalue weighted by atomic mass is 9.87. The van der Waals surface area contributed by atoms with Gasteiger partial charge in [-0.15, -0.1) is 0 Å². The summed E-state index contributed by atoms with van der Waals surface area (Å²) < 4.78 is 12.8. The molecular formula is C13H18FNO. The fraction of sp³-hybridized carbons (Fsp3) is 0.538. The molecule has 1 N–H and O–H groups in total. The summed E-state index contributed by atoms with van der Waals surface area (Å²) in [6.45, 7) is 2.06. The first-order valence-corrected chi connectivity index (χ1v) is 5.79. The predicted octanol–water partition coefficient (Wildman–Crippen LogP) is 2.20. The van der Waals surface area contributed by atoms with Crippen LogP contribution in [0.4, 0.5) is 4.39 Å². The van der Waals surface area contributed by atoms with Crippen LogP contribution in [-0.4, -0.2) is 30.1 Å². The summed E-state index contributed by atoms with van der Waals surface area (Å²) in [4.78, 5) is 2.27. The van der Waals surface area contributed by atoms with Gasteiger partial charge in [-0.3, -0.25) is 0 Å². The molecule has 88 valence electrons. The summed E-state index contributed by atoms with van der Waals surface area (Å²) in [5, 5.41) is 10.2. The third kappa shape index (κ3) is 2.60. The number of nitrogens with zero attached hydrogens (tertiary/aromatic N) is 1. The van der Waals surface area contributed by atoms with Gasteiger partial charge in [0, 0.05) is 0 Å². The maximum atomic E-state index is 12.8. The first kappa shape index (κ1) is 11.6. The molecule has 0 aromatic heterocycles. The second-order valence-electron chi connectivity index (χ2n) is 4.64. The van der Waals surface area contributed by atoms with Crippen LogP contribution in [0.5, 0.6) is 0 Å². The van der Waals surface area contributed by atoms with Gasteiger partial charge in [0.05, 0.1) is 6.10 Å². The van der Waals surface area contributed by atoms with E-state index < -0.39 is 6.10 Å². The van der Waals surface area contributed by atoms with Crippen molar-refractivity contribution in [2.45, 2.75) is 18.9 Å². The summed E-state index contributed by atoms with van der Waals surface area (Å²) in [5.74, 6) is 0.0565. The first-order chi connectivity index (χ1) is 7.66. The van der Waals surface area contributed by atoms with Gasteiger partial charge in [-0.2, -0.15) is 0 Å². The number of hydrogen-bond acceptors (Lipinski definition) is 2. The van der Waals surface area contributed by atoms with Crippen molar-refractivity contribution in [1.82, 2.24) is 4.90 Å². The maximum absolute atomic E-state index is 12.8. The van der Waals surface area contributed by atoms with Crippen molar-refractivity contribution in [2.24, 2.45) is 5.92 Å². The van der Waals surface area contributed by atoms with Gasteiger partial charge in [-0.25, -0.2) is 4.39 Å². The van der Waals surface area contributed by atoms with Gasteiger partial charge in [0.25, 0.3) is 0 Å². The number of piperidine rings is 1. The first-order valence-electron chi connectivity index (χ1n) is 5.79. The Morgan fingerprint density at radius 1 is 1.25 bits per heavy atom. The Morgan fingerprint density at radius 2 is 1.81 bits per heavy atom. The number of hydrogen-bond donors (Lipinski definition) is 1. The molecule has 1 aromatic rings. The van der Waals surface area contributed by atoms with Crippen LogP contribution in [0.15, 0.2) is 24.3 Å². The normalized spacial score (nSPS) is 20.9. The van der Waals surface area contributed by atoms with E-state index in [1.807, 2.05) is 0 Å². The number of benzene rings is 1. The molecule has 1 aromatic carbocycles. The monoisotopic (exact) mass is 223 g/mol. The molecule has 1 fully saturated rings. The van der Waals surface area contributed by atoms with Gasteiger partial charge in [0.15, 0.2) is 0 Å². The average Bonchev–Trinajstić information content (AvgIpc) is 2.30. The van der Waals surface area contributed by atoms with Gasteiger partial charge < -0.3 is 10.0 Å². The fourth-order valence-corrected chi connectivity index (χ4v) is 2.28. The number of halogens is 1. The van der Waals surface area contributed by atoms with Crippen molar-refractivity contribution in [2.75, 3.05) is 20.1 Å². The zero-order valence-corrected chi connectivity index (χ0v) is 9.56. The molecule has 1 saturated heterocycles. The van der Waals surface area contributed by atoms with E-state index in [0.717, 1.165) is 31.5 Å². The minimum Gasteiger partial charge on any atom is -0.388 e. The summed E-state index contributed by atoms with van der Waals surface area (Å²) in [5.41, 5.74) is 0.830. The molecule has 2 rings (SSSR count). The van der Waals surface area contributed by atoms with Crippen LogP contribution in [0, 0.1) is 11.7 Å². The molecule has 0 bridgehead atoms. The van der Waals surface area contributed by atoms with Gasteiger partial charge >= 0.3 is 0 Å². The van der Waals surface area contributed by atoms with E-state index in [1.54, 1.807) is 12.1 Å². The summed E-state index contributed by atoms with van der Waals surface area (Å²) in [7, 11) is 2.10. The Kier molecular flexibility index (Phi) is 3.56. The molecule has 0 unspecified atom stereocenters. The largest absolute Gasteiger partial charge is 0.388 e. The molecule has 1 aliphatic heterocycles. The van der Waals surface area contributed by atoms with Crippen LogP contribution < -0.4 is 0 Å².